The highest BCUT2D eigenvalue weighted by atomic mass is 32.2. The summed E-state index contributed by atoms with van der Waals surface area (Å²) in [4.78, 5) is 43.5. The van der Waals surface area contributed by atoms with E-state index in [2.05, 4.69) is 16.9 Å². The molecule has 0 unspecified atom stereocenters. The molecule has 0 radical (unpaired) electrons. The zero-order valence-electron chi connectivity index (χ0n) is 18.3. The lowest BCUT2D eigenvalue weighted by atomic mass is 10.2. The maximum atomic E-state index is 13.0. The summed E-state index contributed by atoms with van der Waals surface area (Å²) in [6.45, 7) is 10.1. The molecule has 168 valence electrons. The summed E-state index contributed by atoms with van der Waals surface area (Å²) in [5.74, 6) is -0.0959. The van der Waals surface area contributed by atoms with Gasteiger partial charge < -0.3 is 10.1 Å². The van der Waals surface area contributed by atoms with E-state index in [-0.39, 0.29) is 17.9 Å². The molecule has 0 aliphatic heterocycles. The van der Waals surface area contributed by atoms with Crippen LogP contribution < -0.4 is 10.9 Å². The number of benzene rings is 1. The smallest absolute Gasteiger partial charge is 0.338 e. The van der Waals surface area contributed by atoms with Gasteiger partial charge >= 0.3 is 5.97 Å². The fourth-order valence-corrected chi connectivity index (χ4v) is 5.09. The lowest BCUT2D eigenvalue weighted by molar-refractivity contribution is -0.115. The summed E-state index contributed by atoms with van der Waals surface area (Å²) >= 11 is 2.88. The van der Waals surface area contributed by atoms with Gasteiger partial charge in [0.2, 0.25) is 5.91 Å². The van der Waals surface area contributed by atoms with Gasteiger partial charge in [0.25, 0.3) is 5.56 Å². The van der Waals surface area contributed by atoms with Crippen LogP contribution in [0.2, 0.25) is 0 Å². The van der Waals surface area contributed by atoms with E-state index in [1.54, 1.807) is 41.8 Å². The quantitative estimate of drug-likeness (QED) is 0.213. The molecule has 1 aromatic carbocycles. The lowest BCUT2D eigenvalue weighted by Gasteiger charge is -2.10. The van der Waals surface area contributed by atoms with Gasteiger partial charge in [0.1, 0.15) is 4.83 Å². The molecule has 0 bridgehead atoms. The van der Waals surface area contributed by atoms with Gasteiger partial charge in [-0.05, 0) is 50.6 Å². The summed E-state index contributed by atoms with van der Waals surface area (Å²) in [6, 6.07) is 6.55. The minimum Gasteiger partial charge on any atom is -0.462 e. The number of esters is 1. The molecule has 0 fully saturated rings. The fourth-order valence-electron chi connectivity index (χ4n) is 3.07. The van der Waals surface area contributed by atoms with E-state index in [0.29, 0.717) is 40.7 Å². The summed E-state index contributed by atoms with van der Waals surface area (Å²) in [5, 5.41) is 4.04. The topological polar surface area (TPSA) is 90.3 Å². The second-order valence-electron chi connectivity index (χ2n) is 7.01. The van der Waals surface area contributed by atoms with Crippen LogP contribution in [0.4, 0.5) is 5.69 Å². The van der Waals surface area contributed by atoms with Crippen LogP contribution in [0.15, 0.2) is 46.9 Å². The highest BCUT2D eigenvalue weighted by Crippen LogP contribution is 2.28. The number of anilines is 1. The molecule has 7 nitrogen and oxygen atoms in total. The lowest BCUT2D eigenvalue weighted by Crippen LogP contribution is -2.23. The Labute approximate surface area is 194 Å². The molecular formula is C23H25N3O4S2. The number of carbonyl (C=O) groups is 2. The average molecular weight is 472 g/mol. The molecule has 0 spiro atoms. The number of fused-ring (bicyclic) bond motifs is 1. The third kappa shape index (κ3) is 5.28. The second kappa shape index (κ2) is 10.6. The highest BCUT2D eigenvalue weighted by Gasteiger charge is 2.16. The molecule has 0 saturated carbocycles. The van der Waals surface area contributed by atoms with E-state index in [1.165, 1.54) is 23.1 Å². The molecule has 9 heteroatoms. The van der Waals surface area contributed by atoms with Crippen LogP contribution in [-0.4, -0.2) is 33.8 Å². The molecule has 0 aliphatic carbocycles. The van der Waals surface area contributed by atoms with E-state index >= 15 is 0 Å². The van der Waals surface area contributed by atoms with Gasteiger partial charge in [-0.3, -0.25) is 14.2 Å². The molecular weight excluding hydrogens is 446 g/mol. The third-order valence-corrected chi connectivity index (χ3v) is 6.88. The van der Waals surface area contributed by atoms with E-state index in [0.717, 1.165) is 15.3 Å². The van der Waals surface area contributed by atoms with Crippen molar-refractivity contribution in [3.63, 3.8) is 0 Å². The fraction of sp³-hybridized carbons (Fsp3) is 0.304. The van der Waals surface area contributed by atoms with Crippen LogP contribution in [0.1, 0.15) is 34.1 Å². The first kappa shape index (κ1) is 23.7. The van der Waals surface area contributed by atoms with Crippen molar-refractivity contribution in [2.45, 2.75) is 38.9 Å². The van der Waals surface area contributed by atoms with Crippen molar-refractivity contribution < 1.29 is 14.3 Å². The van der Waals surface area contributed by atoms with E-state index in [1.807, 2.05) is 13.8 Å². The maximum absolute atomic E-state index is 13.0. The monoisotopic (exact) mass is 471 g/mol. The Kier molecular flexibility index (Phi) is 7.87. The Morgan fingerprint density at radius 2 is 2.00 bits per heavy atom. The predicted octanol–water partition coefficient (Wildman–Crippen LogP) is 4.56. The first-order valence-corrected chi connectivity index (χ1v) is 12.0. The van der Waals surface area contributed by atoms with Crippen molar-refractivity contribution in [2.75, 3.05) is 17.7 Å². The standard InChI is InChI=1S/C23H25N3O4S2/c1-5-12-26-21(28)19-14(3)15(4)32-20(19)25-23(26)31-13-11-18(27)24-17-9-7-16(8-10-17)22(29)30-6-2/h5,7-10H,1,6,11-13H2,2-4H3,(H,24,27). The van der Waals surface area contributed by atoms with Crippen LogP contribution in [0.3, 0.4) is 0 Å². The van der Waals surface area contributed by atoms with Crippen molar-refractivity contribution in [1.82, 2.24) is 9.55 Å². The molecule has 3 rings (SSSR count). The number of rotatable bonds is 9. The number of allylic oxidation sites excluding steroid dienone is 1. The molecule has 0 aliphatic rings. The average Bonchev–Trinajstić information content (AvgIpc) is 3.05. The van der Waals surface area contributed by atoms with Crippen molar-refractivity contribution >= 4 is 50.9 Å². The summed E-state index contributed by atoms with van der Waals surface area (Å²) < 4.78 is 6.55. The Balaban J connectivity index is 1.65. The molecule has 1 amide bonds. The minimum absolute atomic E-state index is 0.0783. The largest absolute Gasteiger partial charge is 0.462 e. The van der Waals surface area contributed by atoms with Gasteiger partial charge in [-0.15, -0.1) is 17.9 Å². The Morgan fingerprint density at radius 1 is 1.28 bits per heavy atom. The number of nitrogens with zero attached hydrogens (tertiary/aromatic N) is 2. The third-order valence-electron chi connectivity index (χ3n) is 4.81. The number of hydrogen-bond acceptors (Lipinski definition) is 7. The van der Waals surface area contributed by atoms with Crippen molar-refractivity contribution in [3.8, 4) is 0 Å². The van der Waals surface area contributed by atoms with Crippen molar-refractivity contribution in [3.05, 3.63) is 63.3 Å². The number of aryl methyl sites for hydroxylation is 2. The van der Waals surface area contributed by atoms with Crippen LogP contribution in [0, 0.1) is 13.8 Å². The number of thiophene rings is 1. The van der Waals surface area contributed by atoms with Crippen molar-refractivity contribution in [1.29, 1.82) is 0 Å². The van der Waals surface area contributed by atoms with Gasteiger partial charge in [-0.1, -0.05) is 17.8 Å². The molecule has 1 N–H and O–H groups in total. The van der Waals surface area contributed by atoms with Crippen LogP contribution in [0.25, 0.3) is 10.2 Å². The van der Waals surface area contributed by atoms with Gasteiger partial charge in [-0.2, -0.15) is 0 Å². The van der Waals surface area contributed by atoms with E-state index in [9.17, 15) is 14.4 Å². The zero-order chi connectivity index (χ0) is 23.3. The van der Waals surface area contributed by atoms with Crippen molar-refractivity contribution in [2.24, 2.45) is 0 Å². The summed E-state index contributed by atoms with van der Waals surface area (Å²) in [7, 11) is 0. The summed E-state index contributed by atoms with van der Waals surface area (Å²) in [5.41, 5.74) is 1.91. The van der Waals surface area contributed by atoms with Crippen LogP contribution in [0.5, 0.6) is 0 Å². The molecule has 3 aromatic rings. The molecule has 32 heavy (non-hydrogen) atoms. The number of thioether (sulfide) groups is 1. The SMILES string of the molecule is C=CCn1c(SCCC(=O)Nc2ccc(C(=O)OCC)cc2)nc2sc(C)c(C)c2c1=O. The van der Waals surface area contributed by atoms with Gasteiger partial charge in [0, 0.05) is 29.3 Å². The minimum atomic E-state index is -0.395. The number of aromatic nitrogens is 2. The number of carbonyl (C=O) groups excluding carboxylic acids is 2. The van der Waals surface area contributed by atoms with E-state index < -0.39 is 5.97 Å². The highest BCUT2D eigenvalue weighted by molar-refractivity contribution is 7.99. The van der Waals surface area contributed by atoms with Crippen LogP contribution >= 0.6 is 23.1 Å². The molecule has 0 atom stereocenters. The predicted molar refractivity (Wildman–Crippen MR) is 130 cm³/mol. The first-order chi connectivity index (χ1) is 15.3. The van der Waals surface area contributed by atoms with Gasteiger partial charge in [0.05, 0.1) is 17.6 Å². The van der Waals surface area contributed by atoms with E-state index in [4.69, 9.17) is 4.74 Å². The first-order valence-electron chi connectivity index (χ1n) is 10.2. The Hall–Kier alpha value is -2.91. The van der Waals surface area contributed by atoms with Crippen LogP contribution in [-0.2, 0) is 16.1 Å². The molecule has 2 aromatic heterocycles. The Bertz CT molecular complexity index is 1210. The zero-order valence-corrected chi connectivity index (χ0v) is 19.9. The summed E-state index contributed by atoms with van der Waals surface area (Å²) in [6.07, 6.45) is 1.91. The number of hydrogen-bond donors (Lipinski definition) is 1. The Morgan fingerprint density at radius 3 is 2.66 bits per heavy atom. The van der Waals surface area contributed by atoms with Gasteiger partial charge in [0.15, 0.2) is 5.16 Å². The number of amides is 1. The number of nitrogens with one attached hydrogen (secondary N) is 1. The number of ether oxygens (including phenoxy) is 1. The second-order valence-corrected chi connectivity index (χ2v) is 9.27. The maximum Gasteiger partial charge on any atom is 0.338 e. The normalized spacial score (nSPS) is 10.8. The van der Waals surface area contributed by atoms with Gasteiger partial charge in [-0.25, -0.2) is 9.78 Å². The molecule has 2 heterocycles. The molecule has 0 saturated heterocycles.